The lowest BCUT2D eigenvalue weighted by Crippen LogP contribution is -2.04. The van der Waals surface area contributed by atoms with Crippen LogP contribution < -0.4 is 0 Å². The van der Waals surface area contributed by atoms with Gasteiger partial charge in [-0.2, -0.15) is 5.10 Å². The van der Waals surface area contributed by atoms with E-state index in [9.17, 15) is 0 Å². The van der Waals surface area contributed by atoms with Crippen molar-refractivity contribution in [2.45, 2.75) is 6.54 Å². The minimum Gasteiger partial charge on any atom is -0.395 e. The van der Waals surface area contributed by atoms with Gasteiger partial charge in [-0.05, 0) is 12.2 Å². The van der Waals surface area contributed by atoms with Gasteiger partial charge in [0.1, 0.15) is 0 Å². The second-order valence-electron chi connectivity index (χ2n) is 3.09. The van der Waals surface area contributed by atoms with Crippen LogP contribution >= 0.6 is 12.2 Å². The average molecular weight is 221 g/mol. The predicted octanol–water partition coefficient (Wildman–Crippen LogP) is 1.60. The van der Waals surface area contributed by atoms with Gasteiger partial charge in [-0.25, -0.2) is 0 Å². The van der Waals surface area contributed by atoms with Crippen LogP contribution in [-0.4, -0.2) is 26.5 Å². The van der Waals surface area contributed by atoms with Crippen LogP contribution in [0.4, 0.5) is 0 Å². The van der Waals surface area contributed by atoms with E-state index in [4.69, 9.17) is 17.3 Å². The monoisotopic (exact) mass is 221 g/mol. The first-order valence-electron chi connectivity index (χ1n) is 4.64. The van der Waals surface area contributed by atoms with Crippen LogP contribution in [0.1, 0.15) is 0 Å². The second kappa shape index (κ2) is 4.37. The third-order valence-electron chi connectivity index (χ3n) is 2.11. The molecule has 2 rings (SSSR count). The van der Waals surface area contributed by atoms with Crippen LogP contribution in [0.3, 0.4) is 0 Å². The van der Waals surface area contributed by atoms with Crippen molar-refractivity contribution in [1.82, 2.24) is 14.8 Å². The summed E-state index contributed by atoms with van der Waals surface area (Å²) >= 11 is 5.07. The molecule has 0 aliphatic heterocycles. The molecule has 0 amide bonds. The molecule has 5 heteroatoms. The Morgan fingerprint density at radius 3 is 2.73 bits per heavy atom. The summed E-state index contributed by atoms with van der Waals surface area (Å²) in [5.74, 6) is 0.759. The molecule has 2 aromatic rings. The molecule has 0 aliphatic rings. The highest BCUT2D eigenvalue weighted by atomic mass is 32.1. The van der Waals surface area contributed by atoms with Crippen molar-refractivity contribution in [2.75, 3.05) is 6.61 Å². The topological polar surface area (TPSA) is 53.8 Å². The molecular weight excluding hydrogens is 210 g/mol. The number of nitrogens with one attached hydrogen (secondary N) is 1. The number of aromatic amines is 1. The number of nitrogens with zero attached hydrogens (tertiary/aromatic N) is 2. The van der Waals surface area contributed by atoms with E-state index in [2.05, 4.69) is 10.2 Å². The van der Waals surface area contributed by atoms with E-state index in [-0.39, 0.29) is 6.61 Å². The SMILES string of the molecule is OCCn1c(-c2ccccc2)n[nH]c1=S. The molecule has 78 valence electrons. The molecule has 0 saturated heterocycles. The van der Waals surface area contributed by atoms with Gasteiger partial charge in [-0.1, -0.05) is 30.3 Å². The fraction of sp³-hybridized carbons (Fsp3) is 0.200. The van der Waals surface area contributed by atoms with Crippen molar-refractivity contribution in [1.29, 1.82) is 0 Å². The zero-order chi connectivity index (χ0) is 10.7. The maximum atomic E-state index is 8.93. The number of aromatic nitrogens is 3. The van der Waals surface area contributed by atoms with Gasteiger partial charge >= 0.3 is 0 Å². The number of hydrogen-bond donors (Lipinski definition) is 2. The molecule has 1 aromatic heterocycles. The molecule has 1 aromatic carbocycles. The minimum atomic E-state index is 0.0493. The van der Waals surface area contributed by atoms with Gasteiger partial charge in [0.05, 0.1) is 13.2 Å². The fourth-order valence-electron chi connectivity index (χ4n) is 1.43. The van der Waals surface area contributed by atoms with Crippen LogP contribution in [0.5, 0.6) is 0 Å². The number of hydrogen-bond acceptors (Lipinski definition) is 3. The molecule has 2 N–H and O–H groups in total. The van der Waals surface area contributed by atoms with Crippen molar-refractivity contribution in [3.8, 4) is 11.4 Å². The van der Waals surface area contributed by atoms with E-state index >= 15 is 0 Å². The molecule has 0 fully saturated rings. The standard InChI is InChI=1S/C10H11N3OS/c14-7-6-13-9(11-12-10(13)15)8-4-2-1-3-5-8/h1-5,14H,6-7H2,(H,12,15). The Kier molecular flexibility index (Phi) is 2.94. The van der Waals surface area contributed by atoms with Gasteiger partial charge < -0.3 is 5.11 Å². The van der Waals surface area contributed by atoms with Gasteiger partial charge in [0, 0.05) is 5.56 Å². The van der Waals surface area contributed by atoms with Crippen LogP contribution in [0, 0.1) is 4.77 Å². The van der Waals surface area contributed by atoms with Crippen molar-refractivity contribution in [3.05, 3.63) is 35.1 Å². The fourth-order valence-corrected chi connectivity index (χ4v) is 1.66. The van der Waals surface area contributed by atoms with E-state index < -0.39 is 0 Å². The molecule has 1 heterocycles. The van der Waals surface area contributed by atoms with E-state index in [1.807, 2.05) is 30.3 Å². The smallest absolute Gasteiger partial charge is 0.195 e. The van der Waals surface area contributed by atoms with E-state index in [1.165, 1.54) is 0 Å². The summed E-state index contributed by atoms with van der Waals surface area (Å²) in [5.41, 5.74) is 0.985. The predicted molar refractivity (Wildman–Crippen MR) is 59.9 cm³/mol. The van der Waals surface area contributed by atoms with Gasteiger partial charge in [0.15, 0.2) is 10.6 Å². The molecule has 4 nitrogen and oxygen atoms in total. The number of H-pyrrole nitrogens is 1. The van der Waals surface area contributed by atoms with Crippen molar-refractivity contribution >= 4 is 12.2 Å². The van der Waals surface area contributed by atoms with Crippen LogP contribution in [0.25, 0.3) is 11.4 Å². The highest BCUT2D eigenvalue weighted by molar-refractivity contribution is 7.71. The third-order valence-corrected chi connectivity index (χ3v) is 2.43. The minimum absolute atomic E-state index is 0.0493. The lowest BCUT2D eigenvalue weighted by molar-refractivity contribution is 0.276. The molecule has 0 spiro atoms. The number of aliphatic hydroxyl groups is 1. The maximum absolute atomic E-state index is 8.93. The normalized spacial score (nSPS) is 10.5. The number of rotatable bonds is 3. The lowest BCUT2D eigenvalue weighted by atomic mass is 10.2. The van der Waals surface area contributed by atoms with Crippen LogP contribution in [0.2, 0.25) is 0 Å². The Bertz CT molecular complexity index is 489. The Balaban J connectivity index is 2.49. The molecule has 0 radical (unpaired) electrons. The summed E-state index contributed by atoms with van der Waals surface area (Å²) < 4.78 is 2.31. The van der Waals surface area contributed by atoms with Gasteiger partial charge in [0.25, 0.3) is 0 Å². The second-order valence-corrected chi connectivity index (χ2v) is 3.48. The van der Waals surface area contributed by atoms with E-state index in [1.54, 1.807) is 4.57 Å². The summed E-state index contributed by atoms with van der Waals surface area (Å²) in [6.45, 7) is 0.507. The Morgan fingerprint density at radius 2 is 2.07 bits per heavy atom. The number of benzene rings is 1. The quantitative estimate of drug-likeness (QED) is 0.774. The molecule has 0 aliphatic carbocycles. The first kappa shape index (κ1) is 10.1. The highest BCUT2D eigenvalue weighted by Crippen LogP contribution is 2.15. The zero-order valence-electron chi connectivity index (χ0n) is 8.05. The van der Waals surface area contributed by atoms with E-state index in [0.29, 0.717) is 11.3 Å². The summed E-state index contributed by atoms with van der Waals surface area (Å²) in [4.78, 5) is 0. The largest absolute Gasteiger partial charge is 0.395 e. The molecule has 0 saturated carbocycles. The van der Waals surface area contributed by atoms with Gasteiger partial charge in [-0.15, -0.1) is 0 Å². The first-order chi connectivity index (χ1) is 7.33. The van der Waals surface area contributed by atoms with Crippen LogP contribution in [0.15, 0.2) is 30.3 Å². The summed E-state index contributed by atoms with van der Waals surface area (Å²) in [6.07, 6.45) is 0. The Hall–Kier alpha value is -1.46. The molecule has 0 unspecified atom stereocenters. The Labute approximate surface area is 92.2 Å². The summed E-state index contributed by atoms with van der Waals surface area (Å²) in [7, 11) is 0. The molecule has 0 atom stereocenters. The average Bonchev–Trinajstić information content (AvgIpc) is 2.63. The molecule has 15 heavy (non-hydrogen) atoms. The number of aliphatic hydroxyl groups excluding tert-OH is 1. The van der Waals surface area contributed by atoms with Gasteiger partial charge in [0.2, 0.25) is 0 Å². The third kappa shape index (κ3) is 1.98. The Morgan fingerprint density at radius 1 is 1.33 bits per heavy atom. The lowest BCUT2D eigenvalue weighted by Gasteiger charge is -2.03. The van der Waals surface area contributed by atoms with E-state index in [0.717, 1.165) is 11.4 Å². The summed E-state index contributed by atoms with van der Waals surface area (Å²) in [5, 5.41) is 15.8. The first-order valence-corrected chi connectivity index (χ1v) is 5.05. The molecule has 0 bridgehead atoms. The highest BCUT2D eigenvalue weighted by Gasteiger charge is 2.06. The zero-order valence-corrected chi connectivity index (χ0v) is 8.87. The summed E-state index contributed by atoms with van der Waals surface area (Å²) in [6, 6.07) is 9.74. The van der Waals surface area contributed by atoms with Crippen LogP contribution in [-0.2, 0) is 6.54 Å². The van der Waals surface area contributed by atoms with Gasteiger partial charge in [-0.3, -0.25) is 9.67 Å². The van der Waals surface area contributed by atoms with Crippen molar-refractivity contribution in [2.24, 2.45) is 0 Å². The van der Waals surface area contributed by atoms with Crippen molar-refractivity contribution < 1.29 is 5.11 Å². The maximum Gasteiger partial charge on any atom is 0.195 e. The molecular formula is C10H11N3OS. The van der Waals surface area contributed by atoms with Crippen molar-refractivity contribution in [3.63, 3.8) is 0 Å².